The van der Waals surface area contributed by atoms with Crippen LogP contribution in [0.3, 0.4) is 0 Å². The number of methoxy groups -OCH3 is 1. The molecule has 0 heterocycles. The summed E-state index contributed by atoms with van der Waals surface area (Å²) in [5, 5.41) is 0. The van der Waals surface area contributed by atoms with Gasteiger partial charge in [0.15, 0.2) is 0 Å². The first-order valence-electron chi connectivity index (χ1n) is 6.29. The number of aryl methyl sites for hydroxylation is 2. The summed E-state index contributed by atoms with van der Waals surface area (Å²) >= 11 is 0. The van der Waals surface area contributed by atoms with E-state index in [1.54, 1.807) is 7.11 Å². The second-order valence-corrected chi connectivity index (χ2v) is 4.83. The van der Waals surface area contributed by atoms with E-state index in [1.807, 2.05) is 44.2 Å². The number of hydrogen-bond donors (Lipinski definition) is 2. The highest BCUT2D eigenvalue weighted by molar-refractivity contribution is 5.48. The fourth-order valence-corrected chi connectivity index (χ4v) is 2.30. The minimum absolute atomic E-state index is 0.173. The van der Waals surface area contributed by atoms with Crippen molar-refractivity contribution in [1.82, 2.24) is 0 Å². The summed E-state index contributed by atoms with van der Waals surface area (Å²) in [5.41, 5.74) is 17.2. The predicted octanol–water partition coefficient (Wildman–Crippen LogP) is 2.94. The lowest BCUT2D eigenvalue weighted by molar-refractivity contribution is 0.411. The van der Waals surface area contributed by atoms with E-state index in [1.165, 1.54) is 0 Å². The lowest BCUT2D eigenvalue weighted by atomic mass is 9.93. The van der Waals surface area contributed by atoms with Crippen LogP contribution in [0.2, 0.25) is 0 Å². The van der Waals surface area contributed by atoms with Crippen molar-refractivity contribution in [1.29, 1.82) is 0 Å². The van der Waals surface area contributed by atoms with E-state index in [4.69, 9.17) is 16.2 Å². The average Bonchev–Trinajstić information content (AvgIpc) is 2.40. The number of anilines is 1. The van der Waals surface area contributed by atoms with Crippen LogP contribution in [0, 0.1) is 13.8 Å². The molecular weight excluding hydrogens is 236 g/mol. The molecule has 0 spiro atoms. The highest BCUT2D eigenvalue weighted by Crippen LogP contribution is 2.29. The summed E-state index contributed by atoms with van der Waals surface area (Å²) in [4.78, 5) is 0. The number of nitrogens with two attached hydrogens (primary N) is 2. The molecule has 1 atom stereocenters. The fraction of sp³-hybridized carbons (Fsp3) is 0.250. The van der Waals surface area contributed by atoms with E-state index >= 15 is 0 Å². The monoisotopic (exact) mass is 256 g/mol. The van der Waals surface area contributed by atoms with Crippen LogP contribution in [0.15, 0.2) is 36.4 Å². The van der Waals surface area contributed by atoms with Crippen LogP contribution in [-0.2, 0) is 0 Å². The zero-order chi connectivity index (χ0) is 14.0. The van der Waals surface area contributed by atoms with Crippen LogP contribution < -0.4 is 16.2 Å². The average molecular weight is 256 g/mol. The highest BCUT2D eigenvalue weighted by atomic mass is 16.5. The second-order valence-electron chi connectivity index (χ2n) is 4.83. The van der Waals surface area contributed by atoms with Crippen molar-refractivity contribution >= 4 is 5.69 Å². The molecule has 0 aliphatic carbocycles. The van der Waals surface area contributed by atoms with E-state index in [2.05, 4.69) is 6.07 Å². The van der Waals surface area contributed by atoms with E-state index < -0.39 is 0 Å². The maximum atomic E-state index is 6.35. The van der Waals surface area contributed by atoms with Gasteiger partial charge in [-0.15, -0.1) is 0 Å². The maximum absolute atomic E-state index is 6.35. The number of ether oxygens (including phenoxy) is 1. The summed E-state index contributed by atoms with van der Waals surface area (Å²) in [6.07, 6.45) is 0. The third kappa shape index (κ3) is 2.71. The van der Waals surface area contributed by atoms with Gasteiger partial charge in [-0.3, -0.25) is 0 Å². The number of nitrogen functional groups attached to an aromatic ring is 1. The molecule has 0 saturated heterocycles. The molecule has 0 aliphatic rings. The number of rotatable bonds is 3. The largest absolute Gasteiger partial charge is 0.496 e. The Kier molecular flexibility index (Phi) is 3.76. The molecule has 0 amide bonds. The third-order valence-corrected chi connectivity index (χ3v) is 3.39. The van der Waals surface area contributed by atoms with Crippen molar-refractivity contribution < 1.29 is 4.74 Å². The molecule has 0 bridgehead atoms. The molecule has 3 nitrogen and oxygen atoms in total. The zero-order valence-electron chi connectivity index (χ0n) is 11.6. The molecule has 0 aliphatic heterocycles. The van der Waals surface area contributed by atoms with Crippen LogP contribution in [0.5, 0.6) is 5.75 Å². The summed E-state index contributed by atoms with van der Waals surface area (Å²) in [6.45, 7) is 4.07. The molecule has 2 aromatic rings. The number of benzene rings is 2. The van der Waals surface area contributed by atoms with E-state index in [0.29, 0.717) is 0 Å². The SMILES string of the molecule is COc1cc(C)c(C(N)c2cccc(N)c2)cc1C. The molecule has 0 saturated carbocycles. The Bertz CT molecular complexity index is 593. The van der Waals surface area contributed by atoms with Crippen molar-refractivity contribution in [3.05, 3.63) is 58.7 Å². The second kappa shape index (κ2) is 5.33. The van der Waals surface area contributed by atoms with E-state index in [9.17, 15) is 0 Å². The Morgan fingerprint density at radius 3 is 2.42 bits per heavy atom. The quantitative estimate of drug-likeness (QED) is 0.830. The maximum Gasteiger partial charge on any atom is 0.122 e. The Morgan fingerprint density at radius 1 is 1.05 bits per heavy atom. The lowest BCUT2D eigenvalue weighted by Gasteiger charge is -2.18. The summed E-state index contributed by atoms with van der Waals surface area (Å²) in [6, 6.07) is 11.6. The molecule has 0 fully saturated rings. The predicted molar refractivity (Wildman–Crippen MR) is 79.4 cm³/mol. The Morgan fingerprint density at radius 2 is 1.79 bits per heavy atom. The fourth-order valence-electron chi connectivity index (χ4n) is 2.30. The van der Waals surface area contributed by atoms with Gasteiger partial charge in [0.25, 0.3) is 0 Å². The van der Waals surface area contributed by atoms with Crippen molar-refractivity contribution in [2.75, 3.05) is 12.8 Å². The molecular formula is C16H20N2O. The van der Waals surface area contributed by atoms with Crippen LogP contribution >= 0.6 is 0 Å². The molecule has 0 aromatic heterocycles. The van der Waals surface area contributed by atoms with Crippen LogP contribution in [0.25, 0.3) is 0 Å². The van der Waals surface area contributed by atoms with Gasteiger partial charge >= 0.3 is 0 Å². The van der Waals surface area contributed by atoms with Crippen LogP contribution in [-0.4, -0.2) is 7.11 Å². The van der Waals surface area contributed by atoms with Gasteiger partial charge in [-0.05, 0) is 54.3 Å². The molecule has 19 heavy (non-hydrogen) atoms. The molecule has 1 unspecified atom stereocenters. The van der Waals surface area contributed by atoms with Crippen molar-refractivity contribution in [2.24, 2.45) is 5.73 Å². The molecule has 3 heteroatoms. The first kappa shape index (κ1) is 13.4. The molecule has 0 radical (unpaired) electrons. The highest BCUT2D eigenvalue weighted by Gasteiger charge is 2.14. The minimum atomic E-state index is -0.173. The third-order valence-electron chi connectivity index (χ3n) is 3.39. The van der Waals surface area contributed by atoms with Gasteiger partial charge < -0.3 is 16.2 Å². The van der Waals surface area contributed by atoms with Crippen molar-refractivity contribution in [3.8, 4) is 5.75 Å². The van der Waals surface area contributed by atoms with Gasteiger partial charge in [0, 0.05) is 5.69 Å². The van der Waals surface area contributed by atoms with Gasteiger partial charge in [-0.1, -0.05) is 18.2 Å². The standard InChI is InChI=1S/C16H20N2O/c1-10-8-15(19-3)11(2)7-14(10)16(18)12-5-4-6-13(17)9-12/h4-9,16H,17-18H2,1-3H3. The van der Waals surface area contributed by atoms with Gasteiger partial charge in [0.05, 0.1) is 13.2 Å². The van der Waals surface area contributed by atoms with Crippen molar-refractivity contribution in [3.63, 3.8) is 0 Å². The van der Waals surface area contributed by atoms with Crippen molar-refractivity contribution in [2.45, 2.75) is 19.9 Å². The summed E-state index contributed by atoms with van der Waals surface area (Å²) in [7, 11) is 1.68. The normalized spacial score (nSPS) is 12.2. The summed E-state index contributed by atoms with van der Waals surface area (Å²) in [5.74, 6) is 0.890. The smallest absolute Gasteiger partial charge is 0.122 e. The molecule has 2 rings (SSSR count). The van der Waals surface area contributed by atoms with Gasteiger partial charge in [0.2, 0.25) is 0 Å². The summed E-state index contributed by atoms with van der Waals surface area (Å²) < 4.78 is 5.32. The Balaban J connectivity index is 2.44. The molecule has 4 N–H and O–H groups in total. The topological polar surface area (TPSA) is 61.3 Å². The zero-order valence-corrected chi connectivity index (χ0v) is 11.6. The first-order valence-corrected chi connectivity index (χ1v) is 6.29. The van der Waals surface area contributed by atoms with Gasteiger partial charge in [0.1, 0.15) is 5.75 Å². The molecule has 100 valence electrons. The Hall–Kier alpha value is -2.00. The number of hydrogen-bond acceptors (Lipinski definition) is 3. The first-order chi connectivity index (χ1) is 9.02. The van der Waals surface area contributed by atoms with Gasteiger partial charge in [-0.2, -0.15) is 0 Å². The van der Waals surface area contributed by atoms with E-state index in [0.717, 1.165) is 33.7 Å². The Labute approximate surface area is 114 Å². The molecule has 2 aromatic carbocycles. The minimum Gasteiger partial charge on any atom is -0.496 e. The van der Waals surface area contributed by atoms with Crippen LogP contribution in [0.1, 0.15) is 28.3 Å². The van der Waals surface area contributed by atoms with Crippen LogP contribution in [0.4, 0.5) is 5.69 Å². The lowest BCUT2D eigenvalue weighted by Crippen LogP contribution is -2.14. The van der Waals surface area contributed by atoms with Gasteiger partial charge in [-0.25, -0.2) is 0 Å². The van der Waals surface area contributed by atoms with E-state index in [-0.39, 0.29) is 6.04 Å².